The van der Waals surface area contributed by atoms with Gasteiger partial charge in [-0.15, -0.1) is 0 Å². The van der Waals surface area contributed by atoms with Gasteiger partial charge in [0.25, 0.3) is 0 Å². The van der Waals surface area contributed by atoms with E-state index in [9.17, 15) is 0 Å². The summed E-state index contributed by atoms with van der Waals surface area (Å²) in [6.45, 7) is 4.16. The van der Waals surface area contributed by atoms with Gasteiger partial charge in [-0.05, 0) is 53.6 Å². The minimum atomic E-state index is 0.531. The van der Waals surface area contributed by atoms with Crippen LogP contribution in [0.15, 0.2) is 24.4 Å². The van der Waals surface area contributed by atoms with Crippen LogP contribution in [0.3, 0.4) is 0 Å². The predicted octanol–water partition coefficient (Wildman–Crippen LogP) is 2.95. The van der Waals surface area contributed by atoms with Crippen LogP contribution in [0, 0.1) is 17.4 Å². The maximum Gasteiger partial charge on any atom is 0.161 e. The summed E-state index contributed by atoms with van der Waals surface area (Å²) in [5.74, 6) is 1.21. The Morgan fingerprint density at radius 2 is 1.94 bits per heavy atom. The molecule has 0 unspecified atom stereocenters. The molecule has 0 bridgehead atoms. The Balaban J connectivity index is 2.50. The van der Waals surface area contributed by atoms with Gasteiger partial charge in [0.05, 0.1) is 3.57 Å². The number of aryl methyl sites for hydroxylation is 2. The summed E-state index contributed by atoms with van der Waals surface area (Å²) in [4.78, 5) is 8.55. The van der Waals surface area contributed by atoms with Crippen molar-refractivity contribution in [1.82, 2.24) is 9.97 Å². The zero-order valence-electron chi connectivity index (χ0n) is 9.16. The van der Waals surface area contributed by atoms with E-state index in [1.54, 1.807) is 6.20 Å². The molecule has 1 aromatic heterocycles. The summed E-state index contributed by atoms with van der Waals surface area (Å²) in [5.41, 5.74) is 9.27. The normalized spacial score (nSPS) is 10.4. The molecule has 0 atom stereocenters. The minimum absolute atomic E-state index is 0.531. The molecular weight excluding hydrogens is 313 g/mol. The standard InChI is InChI=1S/C12H12IN3/c1-7-3-4-9(5-8(7)2)12-15-6-10(13)11(14)16-12/h3-6H,1-2H3,(H2,14,15,16). The number of nitrogens with two attached hydrogens (primary N) is 1. The average molecular weight is 325 g/mol. The number of nitrogen functional groups attached to an aromatic ring is 1. The van der Waals surface area contributed by atoms with E-state index in [-0.39, 0.29) is 0 Å². The second kappa shape index (κ2) is 4.37. The van der Waals surface area contributed by atoms with Gasteiger partial charge < -0.3 is 5.73 Å². The second-order valence-corrected chi connectivity index (χ2v) is 4.89. The maximum atomic E-state index is 5.77. The molecule has 2 aromatic rings. The van der Waals surface area contributed by atoms with E-state index in [1.807, 2.05) is 6.07 Å². The van der Waals surface area contributed by atoms with E-state index in [2.05, 4.69) is 58.5 Å². The molecule has 0 aliphatic heterocycles. The van der Waals surface area contributed by atoms with Gasteiger partial charge in [-0.3, -0.25) is 0 Å². The van der Waals surface area contributed by atoms with Crippen molar-refractivity contribution < 1.29 is 0 Å². The smallest absolute Gasteiger partial charge is 0.161 e. The SMILES string of the molecule is Cc1ccc(-c2ncc(I)c(N)n2)cc1C. The summed E-state index contributed by atoms with van der Waals surface area (Å²) in [6, 6.07) is 6.17. The van der Waals surface area contributed by atoms with Crippen LogP contribution in [0.5, 0.6) is 0 Å². The van der Waals surface area contributed by atoms with Gasteiger partial charge in [0.1, 0.15) is 5.82 Å². The third kappa shape index (κ3) is 2.16. The van der Waals surface area contributed by atoms with Crippen LogP contribution in [0.25, 0.3) is 11.4 Å². The third-order valence-corrected chi connectivity index (χ3v) is 3.37. The molecule has 0 spiro atoms. The lowest BCUT2D eigenvalue weighted by molar-refractivity contribution is 1.16. The third-order valence-electron chi connectivity index (χ3n) is 2.54. The lowest BCUT2D eigenvalue weighted by Crippen LogP contribution is -1.98. The average Bonchev–Trinajstić information content (AvgIpc) is 2.26. The van der Waals surface area contributed by atoms with Crippen molar-refractivity contribution in [2.24, 2.45) is 0 Å². The van der Waals surface area contributed by atoms with E-state index in [0.717, 1.165) is 9.13 Å². The summed E-state index contributed by atoms with van der Waals surface area (Å²) >= 11 is 2.12. The molecule has 0 aliphatic carbocycles. The van der Waals surface area contributed by atoms with Gasteiger partial charge in [0.15, 0.2) is 5.82 Å². The number of nitrogens with zero attached hydrogens (tertiary/aromatic N) is 2. The maximum absolute atomic E-state index is 5.77. The lowest BCUT2D eigenvalue weighted by atomic mass is 10.1. The molecule has 0 saturated heterocycles. The minimum Gasteiger partial charge on any atom is -0.383 e. The van der Waals surface area contributed by atoms with Crippen molar-refractivity contribution in [2.45, 2.75) is 13.8 Å². The van der Waals surface area contributed by atoms with Crippen LogP contribution in [0.4, 0.5) is 5.82 Å². The molecule has 2 rings (SSSR count). The fourth-order valence-electron chi connectivity index (χ4n) is 1.40. The number of rotatable bonds is 1. The van der Waals surface area contributed by atoms with Crippen LogP contribution in [0.1, 0.15) is 11.1 Å². The van der Waals surface area contributed by atoms with Gasteiger partial charge in [0, 0.05) is 11.8 Å². The molecular formula is C12H12IN3. The van der Waals surface area contributed by atoms with Crippen LogP contribution < -0.4 is 5.73 Å². The Morgan fingerprint density at radius 1 is 1.19 bits per heavy atom. The van der Waals surface area contributed by atoms with Gasteiger partial charge >= 0.3 is 0 Å². The van der Waals surface area contributed by atoms with Crippen LogP contribution in [-0.4, -0.2) is 9.97 Å². The van der Waals surface area contributed by atoms with Crippen molar-refractivity contribution in [3.05, 3.63) is 39.1 Å². The van der Waals surface area contributed by atoms with Crippen molar-refractivity contribution in [1.29, 1.82) is 0 Å². The number of hydrogen-bond acceptors (Lipinski definition) is 3. The Kier molecular flexibility index (Phi) is 3.09. The Labute approximate surface area is 108 Å². The van der Waals surface area contributed by atoms with E-state index in [1.165, 1.54) is 11.1 Å². The summed E-state index contributed by atoms with van der Waals surface area (Å²) in [5, 5.41) is 0. The fraction of sp³-hybridized carbons (Fsp3) is 0.167. The first kappa shape index (κ1) is 11.3. The Hall–Kier alpha value is -1.17. The molecule has 1 heterocycles. The highest BCUT2D eigenvalue weighted by Gasteiger charge is 2.05. The van der Waals surface area contributed by atoms with E-state index < -0.39 is 0 Å². The largest absolute Gasteiger partial charge is 0.383 e. The van der Waals surface area contributed by atoms with Crippen molar-refractivity contribution in [2.75, 3.05) is 5.73 Å². The van der Waals surface area contributed by atoms with Gasteiger partial charge in [-0.25, -0.2) is 9.97 Å². The van der Waals surface area contributed by atoms with Crippen LogP contribution in [-0.2, 0) is 0 Å². The summed E-state index contributed by atoms with van der Waals surface area (Å²) < 4.78 is 0.880. The van der Waals surface area contributed by atoms with E-state index >= 15 is 0 Å². The van der Waals surface area contributed by atoms with Crippen LogP contribution in [0.2, 0.25) is 0 Å². The Bertz CT molecular complexity index is 488. The molecule has 0 fully saturated rings. The number of halogens is 1. The zero-order chi connectivity index (χ0) is 11.7. The van der Waals surface area contributed by atoms with Crippen molar-refractivity contribution in [3.8, 4) is 11.4 Å². The molecule has 16 heavy (non-hydrogen) atoms. The molecule has 1 aromatic carbocycles. The molecule has 82 valence electrons. The molecule has 2 N–H and O–H groups in total. The molecule has 3 nitrogen and oxygen atoms in total. The topological polar surface area (TPSA) is 51.8 Å². The van der Waals surface area contributed by atoms with E-state index in [0.29, 0.717) is 11.6 Å². The monoisotopic (exact) mass is 325 g/mol. The summed E-state index contributed by atoms with van der Waals surface area (Å²) in [7, 11) is 0. The van der Waals surface area contributed by atoms with Crippen molar-refractivity contribution >= 4 is 28.4 Å². The molecule has 0 aliphatic rings. The number of aromatic nitrogens is 2. The number of anilines is 1. The van der Waals surface area contributed by atoms with E-state index in [4.69, 9.17) is 5.73 Å². The van der Waals surface area contributed by atoms with Gasteiger partial charge in [-0.1, -0.05) is 12.1 Å². The molecule has 0 amide bonds. The highest BCUT2D eigenvalue weighted by atomic mass is 127. The quantitative estimate of drug-likeness (QED) is 0.820. The molecule has 4 heteroatoms. The lowest BCUT2D eigenvalue weighted by Gasteiger charge is -2.05. The van der Waals surface area contributed by atoms with Gasteiger partial charge in [0.2, 0.25) is 0 Å². The van der Waals surface area contributed by atoms with Crippen LogP contribution >= 0.6 is 22.6 Å². The summed E-state index contributed by atoms with van der Waals surface area (Å²) in [6.07, 6.45) is 1.74. The molecule has 0 radical (unpaired) electrons. The highest BCUT2D eigenvalue weighted by Crippen LogP contribution is 2.20. The zero-order valence-corrected chi connectivity index (χ0v) is 11.3. The first-order valence-electron chi connectivity index (χ1n) is 4.93. The number of benzene rings is 1. The Morgan fingerprint density at radius 3 is 2.56 bits per heavy atom. The first-order chi connectivity index (χ1) is 7.58. The first-order valence-corrected chi connectivity index (χ1v) is 6.01. The van der Waals surface area contributed by atoms with Crippen molar-refractivity contribution in [3.63, 3.8) is 0 Å². The molecule has 0 saturated carbocycles. The highest BCUT2D eigenvalue weighted by molar-refractivity contribution is 14.1. The second-order valence-electron chi connectivity index (χ2n) is 3.73. The van der Waals surface area contributed by atoms with Gasteiger partial charge in [-0.2, -0.15) is 0 Å². The number of hydrogen-bond donors (Lipinski definition) is 1. The predicted molar refractivity (Wildman–Crippen MR) is 74.1 cm³/mol. The fourth-order valence-corrected chi connectivity index (χ4v) is 1.66.